The number of rotatable bonds is 6. The molecule has 2 aromatic carbocycles. The van der Waals surface area contributed by atoms with E-state index in [0.29, 0.717) is 11.3 Å². The zero-order valence-corrected chi connectivity index (χ0v) is 14.2. The molecule has 0 aliphatic carbocycles. The lowest BCUT2D eigenvalue weighted by molar-refractivity contribution is -0.111. The smallest absolute Gasteiger partial charge is 0.387 e. The molecule has 0 saturated heterocycles. The summed E-state index contributed by atoms with van der Waals surface area (Å²) >= 11 is 0. The minimum absolute atomic E-state index is 0.115. The highest BCUT2D eigenvalue weighted by molar-refractivity contribution is 6.02. The first-order valence-corrected chi connectivity index (χ1v) is 7.59. The van der Waals surface area contributed by atoms with Crippen molar-refractivity contribution in [1.82, 2.24) is 0 Å². The van der Waals surface area contributed by atoms with Gasteiger partial charge in [0.2, 0.25) is 5.91 Å². The van der Waals surface area contributed by atoms with E-state index >= 15 is 0 Å². The molecular formula is C19H19F2NO3. The van der Waals surface area contributed by atoms with Gasteiger partial charge in [-0.25, -0.2) is 0 Å². The number of hydrogen-bond acceptors (Lipinski definition) is 3. The van der Waals surface area contributed by atoms with E-state index in [1.165, 1.54) is 25.3 Å². The molecule has 0 heterocycles. The number of aryl methyl sites for hydroxylation is 1. The first-order valence-electron chi connectivity index (χ1n) is 7.59. The van der Waals surface area contributed by atoms with Gasteiger partial charge in [0.05, 0.1) is 7.11 Å². The van der Waals surface area contributed by atoms with Crippen LogP contribution >= 0.6 is 0 Å². The molecule has 0 saturated carbocycles. The van der Waals surface area contributed by atoms with Crippen LogP contribution in [-0.4, -0.2) is 19.6 Å². The maximum Gasteiger partial charge on any atom is 0.387 e. The molecule has 0 aromatic heterocycles. The maximum atomic E-state index is 12.6. The second-order valence-corrected chi connectivity index (χ2v) is 5.33. The second kappa shape index (κ2) is 8.28. The minimum Gasteiger partial charge on any atom is -0.493 e. The molecular weight excluding hydrogens is 328 g/mol. The summed E-state index contributed by atoms with van der Waals surface area (Å²) in [6.07, 6.45) is 2.66. The van der Waals surface area contributed by atoms with Gasteiger partial charge in [0, 0.05) is 17.3 Å². The third-order valence-corrected chi connectivity index (χ3v) is 3.71. The fourth-order valence-corrected chi connectivity index (χ4v) is 2.27. The van der Waals surface area contributed by atoms with Crippen molar-refractivity contribution in [2.45, 2.75) is 20.5 Å². The minimum atomic E-state index is -2.99. The third-order valence-electron chi connectivity index (χ3n) is 3.71. The third kappa shape index (κ3) is 4.79. The topological polar surface area (TPSA) is 47.6 Å². The van der Waals surface area contributed by atoms with E-state index in [1.54, 1.807) is 18.2 Å². The van der Waals surface area contributed by atoms with Gasteiger partial charge in [-0.05, 0) is 43.2 Å². The van der Waals surface area contributed by atoms with Gasteiger partial charge in [0.25, 0.3) is 0 Å². The Balaban J connectivity index is 2.21. The van der Waals surface area contributed by atoms with E-state index in [4.69, 9.17) is 4.74 Å². The Bertz CT molecular complexity index is 788. The molecule has 0 radical (unpaired) electrons. The second-order valence-electron chi connectivity index (χ2n) is 5.33. The Kier molecular flexibility index (Phi) is 6.11. The maximum absolute atomic E-state index is 12.6. The molecule has 0 aliphatic rings. The number of ether oxygens (including phenoxy) is 2. The Hall–Kier alpha value is -2.89. The van der Waals surface area contributed by atoms with E-state index in [2.05, 4.69) is 10.1 Å². The fraction of sp³-hybridized carbons (Fsp3) is 0.211. The van der Waals surface area contributed by atoms with Crippen LogP contribution in [0.15, 0.2) is 42.5 Å². The Morgan fingerprint density at radius 1 is 1.16 bits per heavy atom. The van der Waals surface area contributed by atoms with Crippen molar-refractivity contribution in [1.29, 1.82) is 0 Å². The monoisotopic (exact) mass is 347 g/mol. The van der Waals surface area contributed by atoms with Crippen LogP contribution in [-0.2, 0) is 4.79 Å². The van der Waals surface area contributed by atoms with Crippen molar-refractivity contribution < 1.29 is 23.0 Å². The fourth-order valence-electron chi connectivity index (χ4n) is 2.27. The summed E-state index contributed by atoms with van der Waals surface area (Å²) in [7, 11) is 1.36. The van der Waals surface area contributed by atoms with Gasteiger partial charge in [-0.15, -0.1) is 0 Å². The number of methoxy groups -OCH3 is 1. The van der Waals surface area contributed by atoms with Crippen LogP contribution in [0.3, 0.4) is 0 Å². The Morgan fingerprint density at radius 2 is 1.88 bits per heavy atom. The highest BCUT2D eigenvalue weighted by atomic mass is 19.3. The molecule has 2 rings (SSSR count). The normalized spacial score (nSPS) is 11.0. The molecule has 25 heavy (non-hydrogen) atoms. The van der Waals surface area contributed by atoms with Gasteiger partial charge in [-0.3, -0.25) is 4.79 Å². The number of halogens is 2. The molecule has 2 aromatic rings. The number of alkyl halides is 2. The van der Waals surface area contributed by atoms with Crippen LogP contribution < -0.4 is 14.8 Å². The largest absolute Gasteiger partial charge is 0.493 e. The molecule has 4 nitrogen and oxygen atoms in total. The molecule has 0 unspecified atom stereocenters. The standard InChI is InChI=1S/C19H19F2NO3/c1-12-6-4-8-15(13(12)2)22-17(23)11-10-14-7-5-9-16(24-3)18(14)25-19(20)21/h4-11,19H,1-3H3,(H,22,23)/b11-10+. The molecule has 0 spiro atoms. The molecule has 132 valence electrons. The number of hydrogen-bond donors (Lipinski definition) is 1. The summed E-state index contributed by atoms with van der Waals surface area (Å²) in [5.41, 5.74) is 3.04. The van der Waals surface area contributed by atoms with Crippen molar-refractivity contribution in [2.24, 2.45) is 0 Å². The van der Waals surface area contributed by atoms with Crippen LogP contribution in [0.25, 0.3) is 6.08 Å². The van der Waals surface area contributed by atoms with Gasteiger partial charge in [0.1, 0.15) is 0 Å². The van der Waals surface area contributed by atoms with Crippen molar-refractivity contribution in [2.75, 3.05) is 12.4 Å². The number of carbonyl (C=O) groups excluding carboxylic acids is 1. The summed E-state index contributed by atoms with van der Waals surface area (Å²) in [6, 6.07) is 10.3. The first-order chi connectivity index (χ1) is 11.9. The predicted molar refractivity (Wildman–Crippen MR) is 93.2 cm³/mol. The number of anilines is 1. The summed E-state index contributed by atoms with van der Waals surface area (Å²) in [6.45, 7) is 0.864. The molecule has 1 N–H and O–H groups in total. The average Bonchev–Trinajstić information content (AvgIpc) is 2.57. The lowest BCUT2D eigenvalue weighted by atomic mass is 10.1. The van der Waals surface area contributed by atoms with Gasteiger partial charge in [0.15, 0.2) is 11.5 Å². The van der Waals surface area contributed by atoms with Crippen molar-refractivity contribution in [3.05, 3.63) is 59.2 Å². The summed E-state index contributed by atoms with van der Waals surface area (Å²) in [5, 5.41) is 2.76. The van der Waals surface area contributed by atoms with Gasteiger partial charge in [-0.1, -0.05) is 24.3 Å². The number of nitrogens with one attached hydrogen (secondary N) is 1. The van der Waals surface area contributed by atoms with Crippen LogP contribution in [0.2, 0.25) is 0 Å². The van der Waals surface area contributed by atoms with Crippen LogP contribution in [0.5, 0.6) is 11.5 Å². The molecule has 1 amide bonds. The lowest BCUT2D eigenvalue weighted by Gasteiger charge is -2.12. The lowest BCUT2D eigenvalue weighted by Crippen LogP contribution is -2.09. The van der Waals surface area contributed by atoms with Crippen molar-refractivity contribution in [3.63, 3.8) is 0 Å². The number of benzene rings is 2. The Labute approximate surface area is 145 Å². The number of amides is 1. The zero-order valence-electron chi connectivity index (χ0n) is 14.2. The average molecular weight is 347 g/mol. The number of para-hydroxylation sites is 1. The van der Waals surface area contributed by atoms with E-state index < -0.39 is 6.61 Å². The van der Waals surface area contributed by atoms with Crippen molar-refractivity contribution >= 4 is 17.7 Å². The van der Waals surface area contributed by atoms with Crippen LogP contribution in [0.1, 0.15) is 16.7 Å². The molecule has 0 aliphatic heterocycles. The molecule has 0 atom stereocenters. The predicted octanol–water partition coefficient (Wildman–Crippen LogP) is 4.57. The van der Waals surface area contributed by atoms with E-state index in [0.717, 1.165) is 11.1 Å². The van der Waals surface area contributed by atoms with E-state index in [1.807, 2.05) is 26.0 Å². The highest BCUT2D eigenvalue weighted by Gasteiger charge is 2.14. The molecule has 0 bridgehead atoms. The van der Waals surface area contributed by atoms with Crippen LogP contribution in [0.4, 0.5) is 14.5 Å². The van der Waals surface area contributed by atoms with Crippen LogP contribution in [0, 0.1) is 13.8 Å². The van der Waals surface area contributed by atoms with Crippen molar-refractivity contribution in [3.8, 4) is 11.5 Å². The Morgan fingerprint density at radius 3 is 2.56 bits per heavy atom. The summed E-state index contributed by atoms with van der Waals surface area (Å²) in [4.78, 5) is 12.1. The van der Waals surface area contributed by atoms with E-state index in [9.17, 15) is 13.6 Å². The molecule has 0 fully saturated rings. The number of carbonyl (C=O) groups is 1. The SMILES string of the molecule is COc1cccc(/C=C/C(=O)Nc2cccc(C)c2C)c1OC(F)F. The highest BCUT2D eigenvalue weighted by Crippen LogP contribution is 2.33. The first kappa shape index (κ1) is 18.4. The quantitative estimate of drug-likeness (QED) is 0.779. The molecule has 6 heteroatoms. The zero-order chi connectivity index (χ0) is 18.4. The van der Waals surface area contributed by atoms with Gasteiger partial charge in [-0.2, -0.15) is 8.78 Å². The van der Waals surface area contributed by atoms with Gasteiger partial charge >= 0.3 is 6.61 Å². The van der Waals surface area contributed by atoms with Gasteiger partial charge < -0.3 is 14.8 Å². The summed E-state index contributed by atoms with van der Waals surface area (Å²) in [5.74, 6) is -0.326. The van der Waals surface area contributed by atoms with E-state index in [-0.39, 0.29) is 17.4 Å². The summed E-state index contributed by atoms with van der Waals surface area (Å²) < 4.78 is 34.7.